The molecular weight excluding hydrogens is 615 g/mol. The molecule has 2 N–H and O–H groups in total. The van der Waals surface area contributed by atoms with Crippen LogP contribution in [0.2, 0.25) is 10.0 Å². The van der Waals surface area contributed by atoms with Crippen LogP contribution in [0.1, 0.15) is 10.4 Å². The topological polar surface area (TPSA) is 153 Å². The van der Waals surface area contributed by atoms with Crippen LogP contribution in [0.5, 0.6) is 0 Å². The van der Waals surface area contributed by atoms with Crippen molar-refractivity contribution in [2.45, 2.75) is 9.79 Å². The molecular formula is C25H22Cl2N6O6S2. The van der Waals surface area contributed by atoms with Gasteiger partial charge >= 0.3 is 0 Å². The van der Waals surface area contributed by atoms with Gasteiger partial charge in [0.05, 0.1) is 45.1 Å². The summed E-state index contributed by atoms with van der Waals surface area (Å²) in [4.78, 5) is 17.0. The summed E-state index contributed by atoms with van der Waals surface area (Å²) in [5.74, 6) is -0.690. The predicted molar refractivity (Wildman–Crippen MR) is 153 cm³/mol. The van der Waals surface area contributed by atoms with E-state index >= 15 is 0 Å². The zero-order valence-electron chi connectivity index (χ0n) is 21.1. The molecule has 0 spiro atoms. The van der Waals surface area contributed by atoms with Gasteiger partial charge in [0.15, 0.2) is 0 Å². The number of hydrogen-bond donors (Lipinski definition) is 2. The fraction of sp³-hybridized carbons (Fsp3) is 0.160. The minimum atomic E-state index is -4.15. The molecule has 0 unspecified atom stereocenters. The molecule has 0 radical (unpaired) electrons. The van der Waals surface area contributed by atoms with Crippen LogP contribution in [0.25, 0.3) is 5.69 Å². The first-order valence-corrected chi connectivity index (χ1v) is 15.7. The van der Waals surface area contributed by atoms with E-state index in [9.17, 15) is 21.6 Å². The summed E-state index contributed by atoms with van der Waals surface area (Å²) in [6.07, 6.45) is 2.68. The normalized spacial score (nSPS) is 14.5. The number of anilines is 2. The molecule has 1 saturated heterocycles. The molecule has 0 saturated carbocycles. The molecule has 1 aliphatic heterocycles. The number of morpholine rings is 1. The van der Waals surface area contributed by atoms with Gasteiger partial charge in [0.2, 0.25) is 10.0 Å². The Morgan fingerprint density at radius 2 is 1.68 bits per heavy atom. The lowest BCUT2D eigenvalue weighted by Crippen LogP contribution is -2.40. The summed E-state index contributed by atoms with van der Waals surface area (Å²) >= 11 is 12.1. The third kappa shape index (κ3) is 6.37. The lowest BCUT2D eigenvalue weighted by Gasteiger charge is -2.26. The summed E-state index contributed by atoms with van der Waals surface area (Å²) in [6.45, 7) is 0.948. The molecule has 0 atom stereocenters. The molecule has 1 fully saturated rings. The summed E-state index contributed by atoms with van der Waals surface area (Å²) < 4.78 is 63.0. The first kappa shape index (κ1) is 29.0. The van der Waals surface area contributed by atoms with Crippen LogP contribution < -0.4 is 10.0 Å². The molecule has 5 rings (SSSR count). The van der Waals surface area contributed by atoms with Gasteiger partial charge in [-0.15, -0.1) is 0 Å². The number of nitrogens with one attached hydrogen (secondary N) is 2. The highest BCUT2D eigenvalue weighted by atomic mass is 35.5. The molecule has 1 aromatic heterocycles. The molecule has 16 heteroatoms. The van der Waals surface area contributed by atoms with Gasteiger partial charge in [-0.1, -0.05) is 29.3 Å². The van der Waals surface area contributed by atoms with Crippen LogP contribution in [0.15, 0.2) is 83.1 Å². The zero-order valence-corrected chi connectivity index (χ0v) is 24.2. The lowest BCUT2D eigenvalue weighted by molar-refractivity contribution is 0.0730. The van der Waals surface area contributed by atoms with E-state index in [1.165, 1.54) is 82.3 Å². The number of amides is 1. The van der Waals surface area contributed by atoms with Crippen LogP contribution in [0.3, 0.4) is 0 Å². The molecule has 214 valence electrons. The van der Waals surface area contributed by atoms with E-state index in [4.69, 9.17) is 27.9 Å². The first-order chi connectivity index (χ1) is 19.5. The Morgan fingerprint density at radius 1 is 0.902 bits per heavy atom. The smallest absolute Gasteiger partial charge is 0.261 e. The van der Waals surface area contributed by atoms with Crippen molar-refractivity contribution in [3.8, 4) is 5.69 Å². The van der Waals surface area contributed by atoms with Crippen molar-refractivity contribution in [3.05, 3.63) is 88.9 Å². The Hall–Kier alpha value is -3.53. The molecule has 1 aliphatic rings. The number of aromatic nitrogens is 3. The Labute approximate surface area is 246 Å². The monoisotopic (exact) mass is 636 g/mol. The Morgan fingerprint density at radius 3 is 2.41 bits per heavy atom. The maximum absolute atomic E-state index is 13.3. The van der Waals surface area contributed by atoms with E-state index in [-0.39, 0.29) is 63.1 Å². The second kappa shape index (κ2) is 11.8. The van der Waals surface area contributed by atoms with Crippen LogP contribution in [-0.4, -0.2) is 68.1 Å². The van der Waals surface area contributed by atoms with E-state index in [0.717, 1.165) is 0 Å². The maximum Gasteiger partial charge on any atom is 0.261 e. The second-order valence-corrected chi connectivity index (χ2v) is 13.2. The molecule has 4 aromatic rings. The minimum Gasteiger partial charge on any atom is -0.379 e. The van der Waals surface area contributed by atoms with Gasteiger partial charge in [0.25, 0.3) is 15.9 Å². The summed E-state index contributed by atoms with van der Waals surface area (Å²) in [5.41, 5.74) is 0.533. The van der Waals surface area contributed by atoms with Crippen molar-refractivity contribution >= 4 is 60.5 Å². The third-order valence-electron chi connectivity index (χ3n) is 6.07. The Bertz CT molecular complexity index is 1810. The Kier molecular flexibility index (Phi) is 8.31. The molecule has 3 aromatic carbocycles. The van der Waals surface area contributed by atoms with Crippen molar-refractivity contribution < 1.29 is 26.4 Å². The van der Waals surface area contributed by atoms with Crippen molar-refractivity contribution in [3.63, 3.8) is 0 Å². The highest BCUT2D eigenvalue weighted by Crippen LogP contribution is 2.29. The van der Waals surface area contributed by atoms with E-state index in [1.807, 2.05) is 0 Å². The van der Waals surface area contributed by atoms with Crippen molar-refractivity contribution in [2.24, 2.45) is 0 Å². The molecule has 12 nitrogen and oxygen atoms in total. The lowest BCUT2D eigenvalue weighted by atomic mass is 10.2. The molecule has 1 amide bonds. The van der Waals surface area contributed by atoms with Crippen LogP contribution >= 0.6 is 23.2 Å². The number of sulfonamides is 2. The SMILES string of the molecule is O=C(Nc1cc(S(=O)(=O)N2CCOCC2)ccc1-n1cncn1)c1cccc(S(=O)(=O)Nc2cc(Cl)ccc2Cl)c1. The van der Waals surface area contributed by atoms with E-state index in [2.05, 4.69) is 20.1 Å². The number of carbonyl (C=O) groups is 1. The summed E-state index contributed by atoms with van der Waals surface area (Å²) in [7, 11) is -8.04. The quantitative estimate of drug-likeness (QED) is 0.297. The fourth-order valence-corrected chi connectivity index (χ4v) is 6.97. The minimum absolute atomic E-state index is 0.00366. The van der Waals surface area contributed by atoms with Crippen LogP contribution in [0, 0.1) is 0 Å². The maximum atomic E-state index is 13.3. The van der Waals surface area contributed by atoms with Gasteiger partial charge in [0.1, 0.15) is 12.7 Å². The van der Waals surface area contributed by atoms with Gasteiger partial charge < -0.3 is 10.1 Å². The average Bonchev–Trinajstić information content (AvgIpc) is 3.50. The summed E-state index contributed by atoms with van der Waals surface area (Å²) in [6, 6.07) is 13.9. The van der Waals surface area contributed by atoms with Crippen LogP contribution in [0.4, 0.5) is 11.4 Å². The van der Waals surface area contributed by atoms with Gasteiger partial charge in [-0.05, 0) is 54.6 Å². The number of benzene rings is 3. The third-order valence-corrected chi connectivity index (χ3v) is 9.89. The highest BCUT2D eigenvalue weighted by molar-refractivity contribution is 7.92. The van der Waals surface area contributed by atoms with Gasteiger partial charge in [-0.2, -0.15) is 9.40 Å². The predicted octanol–water partition coefficient (Wildman–Crippen LogP) is 3.65. The average molecular weight is 638 g/mol. The second-order valence-electron chi connectivity index (χ2n) is 8.75. The van der Waals surface area contributed by atoms with E-state index in [0.29, 0.717) is 5.69 Å². The number of carbonyl (C=O) groups excluding carboxylic acids is 1. The molecule has 0 bridgehead atoms. The van der Waals surface area contributed by atoms with Gasteiger partial charge in [-0.25, -0.2) is 26.5 Å². The zero-order chi connectivity index (χ0) is 29.2. The van der Waals surface area contributed by atoms with E-state index < -0.39 is 26.0 Å². The van der Waals surface area contributed by atoms with Crippen molar-refractivity contribution in [2.75, 3.05) is 36.3 Å². The van der Waals surface area contributed by atoms with Gasteiger partial charge in [-0.3, -0.25) is 9.52 Å². The molecule has 41 heavy (non-hydrogen) atoms. The summed E-state index contributed by atoms with van der Waals surface area (Å²) in [5, 5.41) is 7.18. The number of rotatable bonds is 8. The standard InChI is InChI=1S/C25H22Cl2N6O6S2/c26-18-4-6-21(27)22(13-18)31-40(35,36)19-3-1-2-17(12-19)25(34)30-23-14-20(5-7-24(23)33-16-28-15-29-33)41(37,38)32-8-10-39-11-9-32/h1-7,12-16,31H,8-11H2,(H,30,34). The largest absolute Gasteiger partial charge is 0.379 e. The fourth-order valence-electron chi connectivity index (χ4n) is 4.02. The van der Waals surface area contributed by atoms with Gasteiger partial charge in [0, 0.05) is 23.7 Å². The number of hydrogen-bond acceptors (Lipinski definition) is 8. The number of halogens is 2. The van der Waals surface area contributed by atoms with Crippen molar-refractivity contribution in [1.82, 2.24) is 19.1 Å². The first-order valence-electron chi connectivity index (χ1n) is 12.0. The molecule has 0 aliphatic carbocycles. The molecule has 2 heterocycles. The van der Waals surface area contributed by atoms with Crippen molar-refractivity contribution in [1.29, 1.82) is 0 Å². The Balaban J connectivity index is 1.46. The van der Waals surface area contributed by atoms with E-state index in [1.54, 1.807) is 0 Å². The van der Waals surface area contributed by atoms with Crippen LogP contribution in [-0.2, 0) is 24.8 Å². The number of nitrogens with zero attached hydrogens (tertiary/aromatic N) is 4. The highest BCUT2D eigenvalue weighted by Gasteiger charge is 2.28. The number of ether oxygens (including phenoxy) is 1.